The van der Waals surface area contributed by atoms with Gasteiger partial charge >= 0.3 is 0 Å². The molecule has 1 heterocycles. The number of hydrazine groups is 1. The van der Waals surface area contributed by atoms with Gasteiger partial charge in [0.2, 0.25) is 0 Å². The van der Waals surface area contributed by atoms with Gasteiger partial charge in [-0.05, 0) is 43.6 Å². The molecular formula is C9H20N2S. The van der Waals surface area contributed by atoms with Gasteiger partial charge in [-0.15, -0.1) is 0 Å². The molecule has 1 fully saturated rings. The average Bonchev–Trinajstić information content (AvgIpc) is 2.27. The van der Waals surface area contributed by atoms with Crippen LogP contribution in [0.4, 0.5) is 0 Å². The zero-order chi connectivity index (χ0) is 8.81. The van der Waals surface area contributed by atoms with Crippen LogP contribution in [0, 0.1) is 5.92 Å². The predicted octanol–water partition coefficient (Wildman–Crippen LogP) is 1.72. The fraction of sp³-hybridized carbons (Fsp3) is 1.00. The summed E-state index contributed by atoms with van der Waals surface area (Å²) in [6, 6.07) is 0. The Balaban J connectivity index is 2.17. The molecule has 0 aliphatic carbocycles. The highest BCUT2D eigenvalue weighted by atomic mass is 32.2. The molecule has 0 radical (unpaired) electrons. The summed E-state index contributed by atoms with van der Waals surface area (Å²) >= 11 is 1.96. The van der Waals surface area contributed by atoms with Gasteiger partial charge in [0.05, 0.1) is 0 Å². The van der Waals surface area contributed by atoms with E-state index in [2.05, 4.69) is 6.26 Å². The number of rotatable bonds is 3. The molecule has 0 bridgehead atoms. The summed E-state index contributed by atoms with van der Waals surface area (Å²) in [6.07, 6.45) is 7.54. The van der Waals surface area contributed by atoms with E-state index >= 15 is 0 Å². The number of nitrogens with zero attached hydrogens (tertiary/aromatic N) is 1. The second-order valence-corrected chi connectivity index (χ2v) is 4.60. The van der Waals surface area contributed by atoms with Crippen LogP contribution < -0.4 is 5.84 Å². The molecule has 1 rings (SSSR count). The minimum Gasteiger partial charge on any atom is -0.269 e. The maximum absolute atomic E-state index is 5.75. The van der Waals surface area contributed by atoms with E-state index in [-0.39, 0.29) is 0 Å². The predicted molar refractivity (Wildman–Crippen MR) is 56.1 cm³/mol. The van der Waals surface area contributed by atoms with E-state index in [9.17, 15) is 0 Å². The molecule has 12 heavy (non-hydrogen) atoms. The standard InChI is InChI=1S/C9H20N2S/c1-12-8-5-9-3-2-6-11(10)7-4-9/h9H,2-8,10H2,1H3. The number of hydrogen-bond acceptors (Lipinski definition) is 3. The second kappa shape index (κ2) is 5.84. The van der Waals surface area contributed by atoms with E-state index in [1.165, 1.54) is 31.4 Å². The van der Waals surface area contributed by atoms with Crippen molar-refractivity contribution in [3.8, 4) is 0 Å². The third kappa shape index (κ3) is 3.78. The van der Waals surface area contributed by atoms with E-state index < -0.39 is 0 Å². The van der Waals surface area contributed by atoms with Crippen molar-refractivity contribution in [2.24, 2.45) is 11.8 Å². The lowest BCUT2D eigenvalue weighted by Gasteiger charge is -2.13. The van der Waals surface area contributed by atoms with Gasteiger partial charge in [0.1, 0.15) is 0 Å². The molecule has 0 aromatic carbocycles. The van der Waals surface area contributed by atoms with Crippen molar-refractivity contribution >= 4 is 11.8 Å². The smallest absolute Gasteiger partial charge is 0.0131 e. The van der Waals surface area contributed by atoms with Gasteiger partial charge < -0.3 is 0 Å². The first-order chi connectivity index (χ1) is 5.83. The third-order valence-electron chi connectivity index (χ3n) is 2.61. The first kappa shape index (κ1) is 10.4. The summed E-state index contributed by atoms with van der Waals surface area (Å²) in [6.45, 7) is 2.19. The van der Waals surface area contributed by atoms with Crippen molar-refractivity contribution in [2.45, 2.75) is 25.7 Å². The van der Waals surface area contributed by atoms with Crippen LogP contribution in [0.3, 0.4) is 0 Å². The Hall–Kier alpha value is 0.270. The second-order valence-electron chi connectivity index (χ2n) is 3.61. The number of thioether (sulfide) groups is 1. The first-order valence-electron chi connectivity index (χ1n) is 4.81. The Bertz CT molecular complexity index is 117. The van der Waals surface area contributed by atoms with Gasteiger partial charge in [-0.3, -0.25) is 5.84 Å². The summed E-state index contributed by atoms with van der Waals surface area (Å²) < 4.78 is 0. The maximum atomic E-state index is 5.75. The molecular weight excluding hydrogens is 168 g/mol. The normalized spacial score (nSPS) is 27.0. The lowest BCUT2D eigenvalue weighted by Crippen LogP contribution is -2.31. The fourth-order valence-corrected chi connectivity index (χ4v) is 2.33. The third-order valence-corrected chi connectivity index (χ3v) is 3.26. The van der Waals surface area contributed by atoms with Crippen molar-refractivity contribution in [1.82, 2.24) is 5.01 Å². The van der Waals surface area contributed by atoms with Crippen molar-refractivity contribution in [1.29, 1.82) is 0 Å². The summed E-state index contributed by atoms with van der Waals surface area (Å²) in [5, 5.41) is 1.97. The highest BCUT2D eigenvalue weighted by Gasteiger charge is 2.13. The van der Waals surface area contributed by atoms with Crippen LogP contribution >= 0.6 is 11.8 Å². The molecule has 1 saturated heterocycles. The van der Waals surface area contributed by atoms with E-state index in [0.717, 1.165) is 19.0 Å². The van der Waals surface area contributed by atoms with Crippen LogP contribution in [-0.2, 0) is 0 Å². The van der Waals surface area contributed by atoms with Crippen LogP contribution in [0.1, 0.15) is 25.7 Å². The summed E-state index contributed by atoms with van der Waals surface area (Å²) in [5.41, 5.74) is 0. The lowest BCUT2D eigenvalue weighted by atomic mass is 9.98. The molecule has 2 nitrogen and oxygen atoms in total. The van der Waals surface area contributed by atoms with Crippen molar-refractivity contribution in [3.63, 3.8) is 0 Å². The highest BCUT2D eigenvalue weighted by molar-refractivity contribution is 7.98. The van der Waals surface area contributed by atoms with Gasteiger partial charge in [-0.25, -0.2) is 5.01 Å². The topological polar surface area (TPSA) is 29.3 Å². The molecule has 3 heteroatoms. The van der Waals surface area contributed by atoms with E-state index in [1.54, 1.807) is 0 Å². The fourth-order valence-electron chi connectivity index (χ4n) is 1.76. The van der Waals surface area contributed by atoms with Gasteiger partial charge in [-0.2, -0.15) is 11.8 Å². The molecule has 1 atom stereocenters. The Labute approximate surface area is 79.8 Å². The lowest BCUT2D eigenvalue weighted by molar-refractivity contribution is 0.290. The molecule has 0 spiro atoms. The van der Waals surface area contributed by atoms with Crippen LogP contribution in [0.5, 0.6) is 0 Å². The quantitative estimate of drug-likeness (QED) is 0.684. The van der Waals surface area contributed by atoms with Gasteiger partial charge in [-0.1, -0.05) is 0 Å². The maximum Gasteiger partial charge on any atom is 0.0131 e. The number of hydrogen-bond donors (Lipinski definition) is 1. The minimum atomic E-state index is 0.936. The largest absolute Gasteiger partial charge is 0.269 e. The van der Waals surface area contributed by atoms with Crippen molar-refractivity contribution < 1.29 is 0 Å². The summed E-state index contributed by atoms with van der Waals surface area (Å²) in [7, 11) is 0. The molecule has 0 aromatic rings. The monoisotopic (exact) mass is 188 g/mol. The van der Waals surface area contributed by atoms with Crippen LogP contribution in [0.2, 0.25) is 0 Å². The number of nitrogens with two attached hydrogens (primary N) is 1. The first-order valence-corrected chi connectivity index (χ1v) is 6.21. The Kier molecular flexibility index (Phi) is 5.04. The Morgan fingerprint density at radius 1 is 1.42 bits per heavy atom. The Morgan fingerprint density at radius 3 is 3.00 bits per heavy atom. The molecule has 1 aliphatic heterocycles. The van der Waals surface area contributed by atoms with Crippen LogP contribution in [0.15, 0.2) is 0 Å². The van der Waals surface area contributed by atoms with E-state index in [0.29, 0.717) is 0 Å². The van der Waals surface area contributed by atoms with E-state index in [4.69, 9.17) is 5.84 Å². The SMILES string of the molecule is CSCCC1CCCN(N)CC1. The Morgan fingerprint density at radius 2 is 2.25 bits per heavy atom. The molecule has 72 valence electrons. The minimum absolute atomic E-state index is 0.936. The van der Waals surface area contributed by atoms with Crippen LogP contribution in [-0.4, -0.2) is 30.1 Å². The van der Waals surface area contributed by atoms with Gasteiger partial charge in [0.25, 0.3) is 0 Å². The molecule has 1 aliphatic rings. The van der Waals surface area contributed by atoms with Crippen LogP contribution in [0.25, 0.3) is 0 Å². The van der Waals surface area contributed by atoms with Gasteiger partial charge in [0, 0.05) is 13.1 Å². The summed E-state index contributed by atoms with van der Waals surface area (Å²) in [5.74, 6) is 8.00. The van der Waals surface area contributed by atoms with E-state index in [1.807, 2.05) is 16.8 Å². The molecule has 0 amide bonds. The molecule has 0 saturated carbocycles. The molecule has 0 aromatic heterocycles. The van der Waals surface area contributed by atoms with Crippen molar-refractivity contribution in [2.75, 3.05) is 25.1 Å². The van der Waals surface area contributed by atoms with Gasteiger partial charge in [0.15, 0.2) is 0 Å². The molecule has 1 unspecified atom stereocenters. The van der Waals surface area contributed by atoms with Crippen molar-refractivity contribution in [3.05, 3.63) is 0 Å². The summed E-state index contributed by atoms with van der Waals surface area (Å²) in [4.78, 5) is 0. The highest BCUT2D eigenvalue weighted by Crippen LogP contribution is 2.20. The zero-order valence-electron chi connectivity index (χ0n) is 7.96. The average molecular weight is 188 g/mol. The zero-order valence-corrected chi connectivity index (χ0v) is 8.78. The molecule has 2 N–H and O–H groups in total.